The number of H-pyrrole nitrogens is 1. The number of carbonyl (C=O) groups is 3. The summed E-state index contributed by atoms with van der Waals surface area (Å²) in [5.74, 6) is 0.00913. The second kappa shape index (κ2) is 9.71. The SMILES string of the molecule is O=C1CC(c2ccccc2)N(C(=O)C2CC2)CCCN(C(=O)c2ccc3cc[nH]c3c2)CCN1. The molecule has 34 heavy (non-hydrogen) atoms. The summed E-state index contributed by atoms with van der Waals surface area (Å²) in [4.78, 5) is 46.3. The number of aromatic nitrogens is 1. The second-order valence-corrected chi connectivity index (χ2v) is 9.21. The van der Waals surface area contributed by atoms with Gasteiger partial charge in [-0.25, -0.2) is 0 Å². The van der Waals surface area contributed by atoms with Crippen LogP contribution < -0.4 is 5.32 Å². The maximum atomic E-state index is 13.3. The number of fused-ring (bicyclic) bond motifs is 1. The summed E-state index contributed by atoms with van der Waals surface area (Å²) in [5, 5.41) is 4.03. The molecule has 7 heteroatoms. The second-order valence-electron chi connectivity index (χ2n) is 9.21. The highest BCUT2D eigenvalue weighted by atomic mass is 16.2. The molecule has 2 fully saturated rings. The molecule has 1 atom stereocenters. The van der Waals surface area contributed by atoms with Crippen molar-refractivity contribution in [3.8, 4) is 0 Å². The molecule has 1 aromatic heterocycles. The van der Waals surface area contributed by atoms with Crippen molar-refractivity contribution in [3.63, 3.8) is 0 Å². The summed E-state index contributed by atoms with van der Waals surface area (Å²) < 4.78 is 0. The Kier molecular flexibility index (Phi) is 6.34. The molecule has 1 saturated carbocycles. The Balaban J connectivity index is 1.38. The van der Waals surface area contributed by atoms with Gasteiger partial charge in [0.25, 0.3) is 5.91 Å². The molecule has 7 nitrogen and oxygen atoms in total. The number of aromatic amines is 1. The maximum Gasteiger partial charge on any atom is 0.253 e. The Morgan fingerprint density at radius 2 is 1.76 bits per heavy atom. The van der Waals surface area contributed by atoms with E-state index in [1.165, 1.54) is 0 Å². The lowest BCUT2D eigenvalue weighted by Crippen LogP contribution is -2.39. The normalized spacial score (nSPS) is 20.0. The number of nitrogens with zero attached hydrogens (tertiary/aromatic N) is 2. The first-order chi connectivity index (χ1) is 16.6. The number of amides is 3. The average molecular weight is 459 g/mol. The first kappa shape index (κ1) is 22.2. The quantitative estimate of drug-likeness (QED) is 0.630. The van der Waals surface area contributed by atoms with E-state index in [1.54, 1.807) is 4.90 Å². The monoisotopic (exact) mass is 458 g/mol. The van der Waals surface area contributed by atoms with Gasteiger partial charge in [0.15, 0.2) is 0 Å². The minimum atomic E-state index is -0.299. The van der Waals surface area contributed by atoms with E-state index in [2.05, 4.69) is 10.3 Å². The van der Waals surface area contributed by atoms with Gasteiger partial charge in [0.1, 0.15) is 0 Å². The van der Waals surface area contributed by atoms with Gasteiger partial charge in [-0.15, -0.1) is 0 Å². The van der Waals surface area contributed by atoms with Crippen LogP contribution in [0.15, 0.2) is 60.8 Å². The van der Waals surface area contributed by atoms with Crippen molar-refractivity contribution in [2.45, 2.75) is 31.7 Å². The summed E-state index contributed by atoms with van der Waals surface area (Å²) >= 11 is 0. The van der Waals surface area contributed by atoms with Crippen molar-refractivity contribution in [3.05, 3.63) is 71.9 Å². The maximum absolute atomic E-state index is 13.3. The van der Waals surface area contributed by atoms with E-state index >= 15 is 0 Å². The van der Waals surface area contributed by atoms with Crippen molar-refractivity contribution in [2.75, 3.05) is 26.2 Å². The van der Waals surface area contributed by atoms with E-state index in [0.717, 1.165) is 29.3 Å². The van der Waals surface area contributed by atoms with Gasteiger partial charge in [-0.1, -0.05) is 36.4 Å². The molecule has 5 rings (SSSR count). The largest absolute Gasteiger partial charge is 0.361 e. The number of benzene rings is 2. The van der Waals surface area contributed by atoms with E-state index in [4.69, 9.17) is 0 Å². The van der Waals surface area contributed by atoms with Crippen molar-refractivity contribution in [1.82, 2.24) is 20.1 Å². The Hall–Kier alpha value is -3.61. The molecule has 2 aliphatic rings. The van der Waals surface area contributed by atoms with Crippen molar-refractivity contribution >= 4 is 28.6 Å². The van der Waals surface area contributed by atoms with Crippen LogP contribution in [0.5, 0.6) is 0 Å². The third-order valence-corrected chi connectivity index (χ3v) is 6.77. The van der Waals surface area contributed by atoms with Crippen molar-refractivity contribution in [2.24, 2.45) is 5.92 Å². The molecule has 1 unspecified atom stereocenters. The van der Waals surface area contributed by atoms with Crippen LogP contribution in [-0.2, 0) is 9.59 Å². The molecule has 2 N–H and O–H groups in total. The topological polar surface area (TPSA) is 85.5 Å². The first-order valence-electron chi connectivity index (χ1n) is 12.1. The molecule has 1 saturated heterocycles. The highest BCUT2D eigenvalue weighted by Crippen LogP contribution is 2.35. The van der Waals surface area contributed by atoms with Gasteiger partial charge in [-0.05, 0) is 48.4 Å². The standard InChI is InChI=1S/C27H30N4O3/c32-25-18-24(20-5-2-1-3-6-20)31(27(34)21-8-9-21)15-4-14-30(16-13-29-25)26(33)22-10-7-19-11-12-28-23(19)17-22/h1-3,5-7,10-12,17,21,24,28H,4,8-9,13-16,18H2,(H,29,32). The number of carbonyl (C=O) groups excluding carboxylic acids is 3. The van der Waals surface area contributed by atoms with Gasteiger partial charge in [-0.2, -0.15) is 0 Å². The molecule has 0 radical (unpaired) electrons. The molecule has 3 aromatic rings. The fraction of sp³-hybridized carbons (Fsp3) is 0.370. The molecule has 2 aromatic carbocycles. The van der Waals surface area contributed by atoms with Crippen molar-refractivity contribution in [1.29, 1.82) is 0 Å². The predicted molar refractivity (Wildman–Crippen MR) is 130 cm³/mol. The van der Waals surface area contributed by atoms with Crippen LogP contribution in [0.2, 0.25) is 0 Å². The Labute approximate surface area is 199 Å². The van der Waals surface area contributed by atoms with Crippen LogP contribution in [0.1, 0.15) is 47.6 Å². The lowest BCUT2D eigenvalue weighted by atomic mass is 10.0. The van der Waals surface area contributed by atoms with Gasteiger partial charge < -0.3 is 20.1 Å². The van der Waals surface area contributed by atoms with Crippen LogP contribution in [0, 0.1) is 5.92 Å². The van der Waals surface area contributed by atoms with E-state index < -0.39 is 0 Å². The van der Waals surface area contributed by atoms with E-state index in [9.17, 15) is 14.4 Å². The zero-order valence-electron chi connectivity index (χ0n) is 19.2. The van der Waals surface area contributed by atoms with Gasteiger partial charge in [0.05, 0.1) is 12.5 Å². The third-order valence-electron chi connectivity index (χ3n) is 6.77. The predicted octanol–water partition coefficient (Wildman–Crippen LogP) is 3.50. The summed E-state index contributed by atoms with van der Waals surface area (Å²) in [6, 6.07) is 17.1. The highest BCUT2D eigenvalue weighted by Gasteiger charge is 2.37. The fourth-order valence-electron chi connectivity index (χ4n) is 4.76. The van der Waals surface area contributed by atoms with E-state index in [0.29, 0.717) is 38.2 Å². The Bertz CT molecular complexity index is 1180. The van der Waals surface area contributed by atoms with Gasteiger partial charge in [-0.3, -0.25) is 14.4 Å². The fourth-order valence-corrected chi connectivity index (χ4v) is 4.76. The van der Waals surface area contributed by atoms with Crippen LogP contribution >= 0.6 is 0 Å². The number of rotatable bonds is 3. The first-order valence-corrected chi connectivity index (χ1v) is 12.1. The molecule has 3 amide bonds. The summed E-state index contributed by atoms with van der Waals surface area (Å²) in [6.07, 6.45) is 4.56. The minimum absolute atomic E-state index is 0.0599. The number of hydrogen-bond acceptors (Lipinski definition) is 3. The lowest BCUT2D eigenvalue weighted by molar-refractivity contribution is -0.136. The van der Waals surface area contributed by atoms with Crippen molar-refractivity contribution < 1.29 is 14.4 Å². The Morgan fingerprint density at radius 3 is 2.56 bits per heavy atom. The van der Waals surface area contributed by atoms with E-state index in [-0.39, 0.29) is 36.1 Å². The number of hydrogen-bond donors (Lipinski definition) is 2. The molecule has 1 aliphatic carbocycles. The summed E-state index contributed by atoms with van der Waals surface area (Å²) in [5.41, 5.74) is 2.51. The number of nitrogens with one attached hydrogen (secondary N) is 2. The van der Waals surface area contributed by atoms with Crippen LogP contribution in [0.25, 0.3) is 10.9 Å². The molecule has 0 spiro atoms. The van der Waals surface area contributed by atoms with Gasteiger partial charge in [0, 0.05) is 49.4 Å². The molecular weight excluding hydrogens is 428 g/mol. The molecule has 2 heterocycles. The molecule has 0 bridgehead atoms. The van der Waals surface area contributed by atoms with Gasteiger partial charge >= 0.3 is 0 Å². The molecule has 176 valence electrons. The average Bonchev–Trinajstić information content (AvgIpc) is 3.61. The van der Waals surface area contributed by atoms with E-state index in [1.807, 2.05) is 65.7 Å². The molecule has 1 aliphatic heterocycles. The molecular formula is C27H30N4O3. The Morgan fingerprint density at radius 1 is 0.941 bits per heavy atom. The minimum Gasteiger partial charge on any atom is -0.361 e. The highest BCUT2D eigenvalue weighted by molar-refractivity contribution is 5.98. The zero-order chi connectivity index (χ0) is 23.5. The summed E-state index contributed by atoms with van der Waals surface area (Å²) in [7, 11) is 0. The van der Waals surface area contributed by atoms with Crippen LogP contribution in [0.3, 0.4) is 0 Å². The zero-order valence-corrected chi connectivity index (χ0v) is 19.2. The smallest absolute Gasteiger partial charge is 0.253 e. The lowest BCUT2D eigenvalue weighted by Gasteiger charge is -2.32. The van der Waals surface area contributed by atoms with Gasteiger partial charge in [0.2, 0.25) is 11.8 Å². The van der Waals surface area contributed by atoms with Crippen LogP contribution in [0.4, 0.5) is 0 Å². The summed E-state index contributed by atoms with van der Waals surface area (Å²) in [6.45, 7) is 1.85. The van der Waals surface area contributed by atoms with Crippen LogP contribution in [-0.4, -0.2) is 58.7 Å². The third kappa shape index (κ3) is 4.83.